The van der Waals surface area contributed by atoms with E-state index in [-0.39, 0.29) is 5.91 Å². The summed E-state index contributed by atoms with van der Waals surface area (Å²) < 4.78 is 2.12. The maximum absolute atomic E-state index is 12.1. The molecule has 1 heterocycles. The number of nitrogens with one attached hydrogen (secondary N) is 1. The van der Waals surface area contributed by atoms with Crippen molar-refractivity contribution in [2.75, 3.05) is 5.32 Å². The van der Waals surface area contributed by atoms with Gasteiger partial charge >= 0.3 is 0 Å². The van der Waals surface area contributed by atoms with Crippen molar-refractivity contribution in [3.63, 3.8) is 0 Å². The van der Waals surface area contributed by atoms with Gasteiger partial charge in [0, 0.05) is 30.4 Å². The van der Waals surface area contributed by atoms with Crippen molar-refractivity contribution in [2.24, 2.45) is 0 Å². The lowest BCUT2D eigenvalue weighted by Gasteiger charge is -2.09. The molecule has 0 radical (unpaired) electrons. The van der Waals surface area contributed by atoms with Crippen molar-refractivity contribution in [2.45, 2.75) is 26.8 Å². The Morgan fingerprint density at radius 1 is 1.05 bits per heavy atom. The van der Waals surface area contributed by atoms with Crippen LogP contribution in [0.3, 0.4) is 0 Å². The molecule has 0 saturated carbocycles. The first-order valence-electron chi connectivity index (χ1n) is 7.54. The molecule has 2 aromatic carbocycles. The highest BCUT2D eigenvalue weighted by atomic mass is 16.1. The molecule has 0 unspecified atom stereocenters. The lowest BCUT2D eigenvalue weighted by atomic mass is 10.1. The third kappa shape index (κ3) is 3.19. The second-order valence-corrected chi connectivity index (χ2v) is 5.74. The van der Waals surface area contributed by atoms with Crippen molar-refractivity contribution in [3.8, 4) is 0 Å². The Hall–Kier alpha value is -2.55. The maximum atomic E-state index is 12.1. The molecule has 3 rings (SSSR count). The molecule has 3 nitrogen and oxygen atoms in total. The molecule has 0 aliphatic rings. The van der Waals surface area contributed by atoms with Gasteiger partial charge in [-0.15, -0.1) is 0 Å². The Bertz CT molecular complexity index is 797. The van der Waals surface area contributed by atoms with Crippen LogP contribution < -0.4 is 5.32 Å². The van der Waals surface area contributed by atoms with Gasteiger partial charge in [0.1, 0.15) is 0 Å². The highest BCUT2D eigenvalue weighted by molar-refractivity contribution is 5.91. The molecule has 1 aromatic heterocycles. The molecule has 3 aromatic rings. The average Bonchev–Trinajstić information content (AvgIpc) is 2.87. The van der Waals surface area contributed by atoms with Crippen molar-refractivity contribution in [1.29, 1.82) is 0 Å². The second-order valence-electron chi connectivity index (χ2n) is 5.74. The van der Waals surface area contributed by atoms with Gasteiger partial charge in [-0.1, -0.05) is 24.3 Å². The summed E-state index contributed by atoms with van der Waals surface area (Å²) in [6.07, 6.45) is 2.50. The molecule has 1 N–H and O–H groups in total. The largest absolute Gasteiger partial charge is 0.347 e. The van der Waals surface area contributed by atoms with Gasteiger partial charge in [0.15, 0.2) is 0 Å². The van der Waals surface area contributed by atoms with E-state index in [0.29, 0.717) is 13.0 Å². The quantitative estimate of drug-likeness (QED) is 0.765. The van der Waals surface area contributed by atoms with E-state index in [4.69, 9.17) is 0 Å². The summed E-state index contributed by atoms with van der Waals surface area (Å²) in [5.74, 6) is 0.0442. The molecule has 0 aliphatic carbocycles. The third-order valence-corrected chi connectivity index (χ3v) is 3.77. The molecule has 3 heteroatoms. The summed E-state index contributed by atoms with van der Waals surface area (Å²) in [7, 11) is 0. The third-order valence-electron chi connectivity index (χ3n) is 3.77. The summed E-state index contributed by atoms with van der Waals surface area (Å²) in [5, 5.41) is 4.19. The van der Waals surface area contributed by atoms with Gasteiger partial charge in [-0.3, -0.25) is 4.79 Å². The Kier molecular flexibility index (Phi) is 3.96. The first kappa shape index (κ1) is 14.4. The van der Waals surface area contributed by atoms with Gasteiger partial charge in [0.2, 0.25) is 5.91 Å². The SMILES string of the molecule is Cc1cc(C)cc(NC(=O)CCn2ccc3ccccc32)c1. The van der Waals surface area contributed by atoms with Crippen molar-refractivity contribution in [3.05, 3.63) is 65.9 Å². The first-order chi connectivity index (χ1) is 10.6. The van der Waals surface area contributed by atoms with Crippen molar-refractivity contribution in [1.82, 2.24) is 4.57 Å². The number of carbonyl (C=O) groups is 1. The van der Waals surface area contributed by atoms with E-state index in [1.165, 1.54) is 10.9 Å². The van der Waals surface area contributed by atoms with E-state index >= 15 is 0 Å². The highest BCUT2D eigenvalue weighted by Crippen LogP contribution is 2.16. The predicted molar refractivity (Wildman–Crippen MR) is 91.1 cm³/mol. The number of benzene rings is 2. The average molecular weight is 292 g/mol. The topological polar surface area (TPSA) is 34.0 Å². The van der Waals surface area contributed by atoms with Crippen molar-refractivity contribution >= 4 is 22.5 Å². The Labute approximate surface area is 130 Å². The number of aryl methyl sites for hydroxylation is 3. The fraction of sp³-hybridized carbons (Fsp3) is 0.211. The van der Waals surface area contributed by atoms with Gasteiger partial charge in [0.25, 0.3) is 0 Å². The van der Waals surface area contributed by atoms with E-state index < -0.39 is 0 Å². The smallest absolute Gasteiger partial charge is 0.226 e. The predicted octanol–water partition coefficient (Wildman–Crippen LogP) is 4.29. The Balaban J connectivity index is 1.65. The van der Waals surface area contributed by atoms with Gasteiger partial charge in [-0.25, -0.2) is 0 Å². The number of aromatic nitrogens is 1. The lowest BCUT2D eigenvalue weighted by Crippen LogP contribution is -2.14. The summed E-state index contributed by atoms with van der Waals surface area (Å²) in [6.45, 7) is 4.76. The molecule has 0 bridgehead atoms. The highest BCUT2D eigenvalue weighted by Gasteiger charge is 2.05. The number of para-hydroxylation sites is 1. The fourth-order valence-electron chi connectivity index (χ4n) is 2.83. The summed E-state index contributed by atoms with van der Waals surface area (Å²) in [4.78, 5) is 12.1. The molecule has 0 spiro atoms. The molecule has 0 saturated heterocycles. The van der Waals surface area contributed by atoms with Crippen LogP contribution in [0, 0.1) is 13.8 Å². The second kappa shape index (κ2) is 6.06. The van der Waals surface area contributed by atoms with Crippen LogP contribution in [0.5, 0.6) is 0 Å². The molecule has 1 amide bonds. The molecule has 22 heavy (non-hydrogen) atoms. The van der Waals surface area contributed by atoms with Crippen LogP contribution in [0.15, 0.2) is 54.7 Å². The number of nitrogens with zero attached hydrogens (tertiary/aromatic N) is 1. The number of rotatable bonds is 4. The molecule has 0 fully saturated rings. The van der Waals surface area contributed by atoms with E-state index in [1.54, 1.807) is 0 Å². The zero-order chi connectivity index (χ0) is 15.5. The van der Waals surface area contributed by atoms with Gasteiger partial charge in [-0.05, 0) is 54.6 Å². The zero-order valence-corrected chi connectivity index (χ0v) is 13.0. The normalized spacial score (nSPS) is 10.8. The standard InChI is InChI=1S/C19H20N2O/c1-14-11-15(2)13-17(12-14)20-19(22)8-10-21-9-7-16-5-3-4-6-18(16)21/h3-7,9,11-13H,8,10H2,1-2H3,(H,20,22). The van der Waals surface area contributed by atoms with Crippen LogP contribution in [0.1, 0.15) is 17.5 Å². The van der Waals surface area contributed by atoms with Gasteiger partial charge < -0.3 is 9.88 Å². The number of hydrogen-bond donors (Lipinski definition) is 1. The van der Waals surface area contributed by atoms with Gasteiger partial charge in [-0.2, -0.15) is 0 Å². The molecular weight excluding hydrogens is 272 g/mol. The number of hydrogen-bond acceptors (Lipinski definition) is 1. The fourth-order valence-corrected chi connectivity index (χ4v) is 2.83. The first-order valence-corrected chi connectivity index (χ1v) is 7.54. The maximum Gasteiger partial charge on any atom is 0.226 e. The van der Waals surface area contributed by atoms with Crippen LogP contribution in [-0.4, -0.2) is 10.5 Å². The van der Waals surface area contributed by atoms with Gasteiger partial charge in [0.05, 0.1) is 0 Å². The number of fused-ring (bicyclic) bond motifs is 1. The van der Waals surface area contributed by atoms with Crippen LogP contribution in [0.4, 0.5) is 5.69 Å². The monoisotopic (exact) mass is 292 g/mol. The van der Waals surface area contributed by atoms with Crippen LogP contribution in [-0.2, 0) is 11.3 Å². The minimum Gasteiger partial charge on any atom is -0.347 e. The zero-order valence-electron chi connectivity index (χ0n) is 13.0. The van der Waals surface area contributed by atoms with E-state index in [9.17, 15) is 4.79 Å². The van der Waals surface area contributed by atoms with Crippen LogP contribution in [0.25, 0.3) is 10.9 Å². The number of anilines is 1. The van der Waals surface area contributed by atoms with Crippen molar-refractivity contribution < 1.29 is 4.79 Å². The summed E-state index contributed by atoms with van der Waals surface area (Å²) >= 11 is 0. The Morgan fingerprint density at radius 2 is 1.77 bits per heavy atom. The van der Waals surface area contributed by atoms with Crippen LogP contribution in [0.2, 0.25) is 0 Å². The number of amides is 1. The Morgan fingerprint density at radius 3 is 2.55 bits per heavy atom. The lowest BCUT2D eigenvalue weighted by molar-refractivity contribution is -0.116. The van der Waals surface area contributed by atoms with E-state index in [2.05, 4.69) is 34.1 Å². The minimum absolute atomic E-state index is 0.0442. The molecule has 0 atom stereocenters. The van der Waals surface area contributed by atoms with E-state index in [1.807, 2.05) is 44.3 Å². The molecule has 112 valence electrons. The molecular formula is C19H20N2O. The number of carbonyl (C=O) groups excluding carboxylic acids is 1. The minimum atomic E-state index is 0.0442. The summed E-state index contributed by atoms with van der Waals surface area (Å²) in [5.41, 5.74) is 4.36. The van der Waals surface area contributed by atoms with E-state index in [0.717, 1.165) is 16.8 Å². The summed E-state index contributed by atoms with van der Waals surface area (Å²) in [6, 6.07) is 16.4. The molecule has 0 aliphatic heterocycles. The van der Waals surface area contributed by atoms with Crippen LogP contribution >= 0.6 is 0 Å².